The van der Waals surface area contributed by atoms with Crippen LogP contribution in [-0.4, -0.2) is 70.4 Å². The molecule has 3 atom stereocenters. The normalized spacial score (nSPS) is 18.9. The molecule has 2 aromatic carbocycles. The van der Waals surface area contributed by atoms with Crippen molar-refractivity contribution >= 4 is 34.8 Å². The van der Waals surface area contributed by atoms with Crippen molar-refractivity contribution in [3.05, 3.63) is 104 Å². The lowest BCUT2D eigenvalue weighted by atomic mass is 9.97. The highest BCUT2D eigenvalue weighted by atomic mass is 35.5. The van der Waals surface area contributed by atoms with Gasteiger partial charge in [-0.1, -0.05) is 65.7 Å². The first-order valence-electron chi connectivity index (χ1n) is 17.3. The number of aliphatic hydroxyl groups excluding tert-OH is 1. The molecule has 2 aliphatic heterocycles. The Morgan fingerprint density at radius 2 is 1.73 bits per heavy atom. The number of pyridine rings is 2. The van der Waals surface area contributed by atoms with Gasteiger partial charge in [0, 0.05) is 84.5 Å². The number of rotatable bonds is 11. The maximum atomic E-state index is 13.5. The average molecular weight is 744 g/mol. The Morgan fingerprint density at radius 3 is 2.46 bits per heavy atom. The van der Waals surface area contributed by atoms with Crippen molar-refractivity contribution in [2.75, 3.05) is 26.9 Å². The van der Waals surface area contributed by atoms with Gasteiger partial charge >= 0.3 is 0 Å². The fourth-order valence-electron chi connectivity index (χ4n) is 6.89. The summed E-state index contributed by atoms with van der Waals surface area (Å²) in [6, 6.07) is 19.1. The predicted octanol–water partition coefficient (Wildman–Crippen LogP) is 5.32. The van der Waals surface area contributed by atoms with Crippen LogP contribution >= 0.6 is 23.2 Å². The molecular formula is C39H40Cl2N6O5. The van der Waals surface area contributed by atoms with Crippen molar-refractivity contribution in [1.29, 1.82) is 0 Å². The SMILES string of the molecule is COc1nc(-c2cccc(-c3cccc(-c4ccn5c(=O)c(CNC[C@H]6CCC(=O)N6)c(C)nc5c4)c3Cl)c2Cl)ccc1CN[C@H]1CCOC[C@@H]1O. The Balaban J connectivity index is 1.13. The first kappa shape index (κ1) is 36.0. The number of hydrogen-bond acceptors (Lipinski definition) is 9. The number of aromatic nitrogens is 3. The number of hydrogen-bond donors (Lipinski definition) is 4. The zero-order valence-electron chi connectivity index (χ0n) is 28.9. The van der Waals surface area contributed by atoms with Gasteiger partial charge in [0.2, 0.25) is 11.8 Å². The Bertz CT molecular complexity index is 2190. The second-order valence-corrected chi connectivity index (χ2v) is 13.9. The highest BCUT2D eigenvalue weighted by molar-refractivity contribution is 6.39. The van der Waals surface area contributed by atoms with Gasteiger partial charge in [-0.2, -0.15) is 0 Å². The molecule has 4 N–H and O–H groups in total. The Labute approximate surface area is 311 Å². The molecular weight excluding hydrogens is 703 g/mol. The number of amides is 1. The molecule has 0 radical (unpaired) electrons. The summed E-state index contributed by atoms with van der Waals surface area (Å²) in [5.41, 5.74) is 6.87. The number of aliphatic hydroxyl groups is 1. The topological polar surface area (TPSA) is 139 Å². The van der Waals surface area contributed by atoms with Crippen molar-refractivity contribution in [3.8, 4) is 39.4 Å². The van der Waals surface area contributed by atoms with Gasteiger partial charge in [-0.15, -0.1) is 0 Å². The zero-order chi connectivity index (χ0) is 36.4. The van der Waals surface area contributed by atoms with Crippen LogP contribution < -0.4 is 26.2 Å². The molecule has 0 bridgehead atoms. The van der Waals surface area contributed by atoms with Gasteiger partial charge in [-0.3, -0.25) is 14.0 Å². The summed E-state index contributed by atoms with van der Waals surface area (Å²) in [4.78, 5) is 34.6. The van der Waals surface area contributed by atoms with Crippen LogP contribution in [-0.2, 0) is 22.6 Å². The summed E-state index contributed by atoms with van der Waals surface area (Å²) in [7, 11) is 1.58. The van der Waals surface area contributed by atoms with E-state index in [1.54, 1.807) is 17.7 Å². The number of methoxy groups -OCH3 is 1. The van der Waals surface area contributed by atoms with Gasteiger partial charge in [-0.05, 0) is 43.5 Å². The zero-order valence-corrected chi connectivity index (χ0v) is 30.4. The van der Waals surface area contributed by atoms with E-state index in [1.807, 2.05) is 67.6 Å². The van der Waals surface area contributed by atoms with Crippen LogP contribution in [0.4, 0.5) is 0 Å². The number of carbonyl (C=O) groups is 1. The first-order valence-corrected chi connectivity index (χ1v) is 18.1. The number of carbonyl (C=O) groups excluding carboxylic acids is 1. The average Bonchev–Trinajstić information content (AvgIpc) is 3.57. The van der Waals surface area contributed by atoms with E-state index in [9.17, 15) is 14.7 Å². The molecule has 7 rings (SSSR count). The second kappa shape index (κ2) is 15.7. The maximum absolute atomic E-state index is 13.5. The van der Waals surface area contributed by atoms with Crippen LogP contribution in [0.2, 0.25) is 10.0 Å². The monoisotopic (exact) mass is 742 g/mol. The predicted molar refractivity (Wildman–Crippen MR) is 202 cm³/mol. The quantitative estimate of drug-likeness (QED) is 0.142. The third kappa shape index (κ3) is 7.43. The van der Waals surface area contributed by atoms with Crippen LogP contribution in [0.15, 0.2) is 71.7 Å². The van der Waals surface area contributed by atoms with E-state index < -0.39 is 6.10 Å². The highest BCUT2D eigenvalue weighted by Gasteiger charge is 2.24. The fourth-order valence-corrected chi connectivity index (χ4v) is 7.55. The molecule has 3 aromatic heterocycles. The molecule has 5 aromatic rings. The van der Waals surface area contributed by atoms with Crippen molar-refractivity contribution in [2.45, 2.75) is 57.5 Å². The molecule has 13 heteroatoms. The standard InChI is InChI=1S/C39H40Cl2N6O5/c1-22-30(20-42-19-25-10-12-35(49)45-25)39(50)47-15-13-23(17-34(47)44-22)26-5-3-6-27(36(26)40)28-7-4-8-29(37(28)41)31-11-9-24(38(46-31)51-2)18-43-32-14-16-52-21-33(32)48/h3-9,11,13,15,17,25,32-33,42-43,48H,10,12,14,16,18-21H2,1-2H3,(H,45,49)/t25-,32+,33+/m1/s1. The van der Waals surface area contributed by atoms with Gasteiger partial charge < -0.3 is 30.5 Å². The molecule has 0 saturated carbocycles. The molecule has 2 fully saturated rings. The number of halogens is 2. The fraction of sp³-hybridized carbons (Fsp3) is 0.333. The number of ether oxygens (including phenoxy) is 2. The minimum absolute atomic E-state index is 0.0615. The molecule has 0 aliphatic carbocycles. The second-order valence-electron chi connectivity index (χ2n) is 13.2. The lowest BCUT2D eigenvalue weighted by Crippen LogP contribution is -2.46. The van der Waals surface area contributed by atoms with Crippen LogP contribution in [0, 0.1) is 6.92 Å². The van der Waals surface area contributed by atoms with Gasteiger partial charge in [0.05, 0.1) is 41.1 Å². The van der Waals surface area contributed by atoms with E-state index >= 15 is 0 Å². The molecule has 0 spiro atoms. The smallest absolute Gasteiger partial charge is 0.262 e. The first-order chi connectivity index (χ1) is 25.2. The lowest BCUT2D eigenvalue weighted by molar-refractivity contribution is -0.119. The molecule has 2 saturated heterocycles. The number of aryl methyl sites for hydroxylation is 1. The number of nitrogens with one attached hydrogen (secondary N) is 3. The van der Waals surface area contributed by atoms with E-state index in [4.69, 9.17) is 42.6 Å². The van der Waals surface area contributed by atoms with E-state index in [0.717, 1.165) is 46.2 Å². The lowest BCUT2D eigenvalue weighted by Gasteiger charge is -2.28. The van der Waals surface area contributed by atoms with Gasteiger partial charge in [0.1, 0.15) is 5.65 Å². The summed E-state index contributed by atoms with van der Waals surface area (Å²) in [5, 5.41) is 20.9. The maximum Gasteiger partial charge on any atom is 0.262 e. The summed E-state index contributed by atoms with van der Waals surface area (Å²) >= 11 is 14.2. The van der Waals surface area contributed by atoms with E-state index in [2.05, 4.69) is 16.0 Å². The number of benzene rings is 2. The van der Waals surface area contributed by atoms with E-state index in [-0.39, 0.29) is 23.6 Å². The van der Waals surface area contributed by atoms with E-state index in [1.165, 1.54) is 0 Å². The molecule has 270 valence electrons. The third-order valence-corrected chi connectivity index (χ3v) is 10.6. The minimum Gasteiger partial charge on any atom is -0.481 e. The van der Waals surface area contributed by atoms with Crippen LogP contribution in [0.3, 0.4) is 0 Å². The van der Waals surface area contributed by atoms with Crippen molar-refractivity contribution < 1.29 is 19.4 Å². The molecule has 52 heavy (non-hydrogen) atoms. The van der Waals surface area contributed by atoms with Crippen molar-refractivity contribution in [1.82, 2.24) is 30.3 Å². The summed E-state index contributed by atoms with van der Waals surface area (Å²) in [6.07, 6.45) is 3.20. The van der Waals surface area contributed by atoms with E-state index in [0.29, 0.717) is 77.8 Å². The minimum atomic E-state index is -0.563. The van der Waals surface area contributed by atoms with Crippen molar-refractivity contribution in [2.24, 2.45) is 0 Å². The Hall–Kier alpha value is -4.36. The van der Waals surface area contributed by atoms with Gasteiger partial charge in [0.25, 0.3) is 5.56 Å². The largest absolute Gasteiger partial charge is 0.481 e. The number of nitrogens with zero attached hydrogens (tertiary/aromatic N) is 3. The molecule has 0 unspecified atom stereocenters. The molecule has 2 aliphatic rings. The summed E-state index contributed by atoms with van der Waals surface area (Å²) in [5.74, 6) is 0.529. The third-order valence-electron chi connectivity index (χ3n) is 9.80. The molecule has 5 heterocycles. The van der Waals surface area contributed by atoms with Crippen molar-refractivity contribution in [3.63, 3.8) is 0 Å². The molecule has 11 nitrogen and oxygen atoms in total. The Morgan fingerprint density at radius 1 is 0.981 bits per heavy atom. The van der Waals surface area contributed by atoms with Crippen LogP contribution in [0.5, 0.6) is 5.88 Å². The highest BCUT2D eigenvalue weighted by Crippen LogP contribution is 2.42. The Kier molecular flexibility index (Phi) is 10.9. The van der Waals surface area contributed by atoms with Crippen LogP contribution in [0.25, 0.3) is 39.2 Å². The molecule has 1 amide bonds. The summed E-state index contributed by atoms with van der Waals surface area (Å²) in [6.45, 7) is 4.18. The summed E-state index contributed by atoms with van der Waals surface area (Å²) < 4.78 is 12.5. The van der Waals surface area contributed by atoms with Gasteiger partial charge in [0.15, 0.2) is 0 Å². The van der Waals surface area contributed by atoms with Gasteiger partial charge in [-0.25, -0.2) is 9.97 Å². The number of fused-ring (bicyclic) bond motifs is 1. The van der Waals surface area contributed by atoms with Crippen LogP contribution in [0.1, 0.15) is 36.1 Å².